The molecule has 0 aliphatic heterocycles. The van der Waals surface area contributed by atoms with Crippen molar-refractivity contribution in [1.82, 2.24) is 9.13 Å². The number of hydrogen-bond acceptors (Lipinski definition) is 1. The van der Waals surface area contributed by atoms with E-state index in [4.69, 9.17) is 6.57 Å². The minimum atomic E-state index is 0.676. The highest BCUT2D eigenvalue weighted by Gasteiger charge is 2.18. The van der Waals surface area contributed by atoms with Gasteiger partial charge in [-0.05, 0) is 47.9 Å². The third-order valence-corrected chi connectivity index (χ3v) is 9.53. The van der Waals surface area contributed by atoms with Crippen LogP contribution in [0.15, 0.2) is 127 Å². The number of thiophene rings is 1. The minimum absolute atomic E-state index is 0.676. The van der Waals surface area contributed by atoms with E-state index in [1.165, 1.54) is 64.1 Å². The van der Waals surface area contributed by atoms with E-state index < -0.39 is 0 Å². The van der Waals surface area contributed by atoms with Gasteiger partial charge in [0.25, 0.3) is 0 Å². The van der Waals surface area contributed by atoms with E-state index in [1.54, 1.807) is 11.3 Å². The molecular formula is C37H21N3S. The standard InChI is InChI=1S/C37H21N3S/c1-38-23-17-20-36-30(21-23)29-12-8-16-34(37(29)41-36)40-33-15-7-4-11-27(33)28-19-18-24(22-35(28)40)39-31-13-5-2-9-25(31)26-10-3-6-14-32(26)39/h2-22H. The lowest BCUT2D eigenvalue weighted by molar-refractivity contribution is 1.16. The summed E-state index contributed by atoms with van der Waals surface area (Å²) >= 11 is 1.80. The molecule has 41 heavy (non-hydrogen) atoms. The molecule has 0 bridgehead atoms. The molecule has 0 unspecified atom stereocenters. The van der Waals surface area contributed by atoms with Crippen molar-refractivity contribution in [3.05, 3.63) is 139 Å². The van der Waals surface area contributed by atoms with Crippen LogP contribution in [0, 0.1) is 6.57 Å². The van der Waals surface area contributed by atoms with E-state index in [9.17, 15) is 0 Å². The van der Waals surface area contributed by atoms with Crippen molar-refractivity contribution in [2.45, 2.75) is 0 Å². The Balaban J connectivity index is 1.40. The molecule has 9 aromatic rings. The second kappa shape index (κ2) is 8.32. The molecule has 3 heterocycles. The third kappa shape index (κ3) is 3.07. The summed E-state index contributed by atoms with van der Waals surface area (Å²) in [7, 11) is 0. The topological polar surface area (TPSA) is 14.2 Å². The molecule has 3 aromatic heterocycles. The molecule has 0 aliphatic rings. The Labute approximate surface area is 239 Å². The second-order valence-electron chi connectivity index (χ2n) is 10.5. The Bertz CT molecular complexity index is 2500. The van der Waals surface area contributed by atoms with Gasteiger partial charge in [0.2, 0.25) is 0 Å². The number of fused-ring (bicyclic) bond motifs is 9. The molecule has 4 heteroatoms. The first-order chi connectivity index (χ1) is 20.3. The number of hydrogen-bond donors (Lipinski definition) is 0. The van der Waals surface area contributed by atoms with E-state index in [0.717, 1.165) is 11.1 Å². The van der Waals surface area contributed by atoms with Gasteiger partial charge in [0.1, 0.15) is 0 Å². The number of benzene rings is 6. The average molecular weight is 540 g/mol. The largest absolute Gasteiger partial charge is 0.309 e. The van der Waals surface area contributed by atoms with Gasteiger partial charge in [-0.25, -0.2) is 4.85 Å². The first-order valence-electron chi connectivity index (χ1n) is 13.6. The van der Waals surface area contributed by atoms with E-state index in [2.05, 4.69) is 129 Å². The van der Waals surface area contributed by atoms with Crippen LogP contribution in [0.5, 0.6) is 0 Å². The Morgan fingerprint density at radius 3 is 1.78 bits per heavy atom. The van der Waals surface area contributed by atoms with Crippen LogP contribution in [-0.4, -0.2) is 9.13 Å². The molecule has 0 aliphatic carbocycles. The zero-order valence-corrected chi connectivity index (χ0v) is 22.7. The van der Waals surface area contributed by atoms with Crippen LogP contribution < -0.4 is 0 Å². The van der Waals surface area contributed by atoms with Crippen LogP contribution in [0.1, 0.15) is 0 Å². The summed E-state index contributed by atoms with van der Waals surface area (Å²) in [6.45, 7) is 7.52. The molecule has 0 saturated carbocycles. The van der Waals surface area contributed by atoms with Gasteiger partial charge < -0.3 is 9.13 Å². The highest BCUT2D eigenvalue weighted by atomic mass is 32.1. The average Bonchev–Trinajstić information content (AvgIpc) is 3.68. The maximum atomic E-state index is 7.52. The SMILES string of the molecule is [C-]#[N+]c1ccc2sc3c(-n4c5ccccc5c5ccc(-n6c7ccccc7c7ccccc76)cc54)cccc3c2c1. The highest BCUT2D eigenvalue weighted by Crippen LogP contribution is 2.42. The molecule has 0 radical (unpaired) electrons. The summed E-state index contributed by atoms with van der Waals surface area (Å²) in [5.74, 6) is 0. The quantitative estimate of drug-likeness (QED) is 0.194. The maximum Gasteiger partial charge on any atom is 0.187 e. The summed E-state index contributed by atoms with van der Waals surface area (Å²) in [4.78, 5) is 3.69. The molecule has 0 amide bonds. The van der Waals surface area contributed by atoms with Gasteiger partial charge in [0.05, 0.1) is 39.0 Å². The zero-order chi connectivity index (χ0) is 27.1. The van der Waals surface area contributed by atoms with E-state index in [1.807, 2.05) is 12.1 Å². The lowest BCUT2D eigenvalue weighted by Gasteiger charge is -2.12. The number of rotatable bonds is 2. The summed E-state index contributed by atoms with van der Waals surface area (Å²) in [6, 6.07) is 45.5. The van der Waals surface area contributed by atoms with Gasteiger partial charge in [0, 0.05) is 37.3 Å². The van der Waals surface area contributed by atoms with Crippen LogP contribution in [0.2, 0.25) is 0 Å². The monoisotopic (exact) mass is 539 g/mol. The van der Waals surface area contributed by atoms with Crippen molar-refractivity contribution in [1.29, 1.82) is 0 Å². The maximum absolute atomic E-state index is 7.52. The number of para-hydroxylation sites is 3. The normalized spacial score (nSPS) is 11.9. The van der Waals surface area contributed by atoms with Crippen LogP contribution >= 0.6 is 11.3 Å². The first kappa shape index (κ1) is 22.4. The van der Waals surface area contributed by atoms with Crippen LogP contribution in [0.25, 0.3) is 80.0 Å². The molecule has 0 saturated heterocycles. The molecule has 0 fully saturated rings. The number of nitrogens with zero attached hydrogens (tertiary/aromatic N) is 3. The zero-order valence-electron chi connectivity index (χ0n) is 21.9. The van der Waals surface area contributed by atoms with Crippen LogP contribution in [-0.2, 0) is 0 Å². The van der Waals surface area contributed by atoms with Crippen molar-refractivity contribution in [2.75, 3.05) is 0 Å². The van der Waals surface area contributed by atoms with Gasteiger partial charge in [0.15, 0.2) is 5.69 Å². The van der Waals surface area contributed by atoms with E-state index in [0.29, 0.717) is 5.69 Å². The van der Waals surface area contributed by atoms with Gasteiger partial charge in [-0.3, -0.25) is 0 Å². The predicted octanol–water partition coefficient (Wildman–Crippen LogP) is 10.8. The Morgan fingerprint density at radius 2 is 1.10 bits per heavy atom. The van der Waals surface area contributed by atoms with Gasteiger partial charge in [-0.2, -0.15) is 0 Å². The summed E-state index contributed by atoms with van der Waals surface area (Å²) in [5, 5.41) is 7.34. The van der Waals surface area contributed by atoms with Crippen molar-refractivity contribution in [2.24, 2.45) is 0 Å². The Kier molecular flexibility index (Phi) is 4.55. The van der Waals surface area contributed by atoms with Crippen molar-refractivity contribution in [3.63, 3.8) is 0 Å². The van der Waals surface area contributed by atoms with Gasteiger partial charge >= 0.3 is 0 Å². The van der Waals surface area contributed by atoms with Gasteiger partial charge in [-0.1, -0.05) is 84.9 Å². The Morgan fingerprint density at radius 1 is 0.488 bits per heavy atom. The van der Waals surface area contributed by atoms with Crippen LogP contribution in [0.4, 0.5) is 5.69 Å². The fourth-order valence-electron chi connectivity index (χ4n) is 6.58. The van der Waals surface area contributed by atoms with Gasteiger partial charge in [-0.15, -0.1) is 11.3 Å². The lowest BCUT2D eigenvalue weighted by Crippen LogP contribution is -1.97. The van der Waals surface area contributed by atoms with Crippen molar-refractivity contribution >= 4 is 80.8 Å². The first-order valence-corrected chi connectivity index (χ1v) is 14.5. The van der Waals surface area contributed by atoms with Crippen molar-refractivity contribution < 1.29 is 0 Å². The fraction of sp³-hybridized carbons (Fsp3) is 0. The van der Waals surface area contributed by atoms with Crippen LogP contribution in [0.3, 0.4) is 0 Å². The molecule has 190 valence electrons. The fourth-order valence-corrected chi connectivity index (χ4v) is 7.76. The smallest absolute Gasteiger partial charge is 0.187 e. The minimum Gasteiger partial charge on any atom is -0.309 e. The van der Waals surface area contributed by atoms with Crippen molar-refractivity contribution in [3.8, 4) is 11.4 Å². The molecule has 9 rings (SSSR count). The summed E-state index contributed by atoms with van der Waals surface area (Å²) in [5.41, 5.74) is 7.76. The molecule has 6 aromatic carbocycles. The molecule has 0 spiro atoms. The molecular weight excluding hydrogens is 518 g/mol. The lowest BCUT2D eigenvalue weighted by atomic mass is 10.1. The van der Waals surface area contributed by atoms with E-state index in [-0.39, 0.29) is 0 Å². The Hall–Kier alpha value is -5.37. The predicted molar refractivity (Wildman–Crippen MR) is 174 cm³/mol. The second-order valence-corrected chi connectivity index (χ2v) is 11.5. The highest BCUT2D eigenvalue weighted by molar-refractivity contribution is 7.26. The third-order valence-electron chi connectivity index (χ3n) is 8.33. The number of aromatic nitrogens is 2. The molecule has 3 nitrogen and oxygen atoms in total. The molecule has 0 N–H and O–H groups in total. The van der Waals surface area contributed by atoms with E-state index >= 15 is 0 Å². The molecule has 0 atom stereocenters. The summed E-state index contributed by atoms with van der Waals surface area (Å²) in [6.07, 6.45) is 0. The summed E-state index contributed by atoms with van der Waals surface area (Å²) < 4.78 is 7.24.